The summed E-state index contributed by atoms with van der Waals surface area (Å²) in [4.78, 5) is 14.0. The van der Waals surface area contributed by atoms with Gasteiger partial charge >= 0.3 is 5.97 Å². The van der Waals surface area contributed by atoms with Crippen molar-refractivity contribution in [3.05, 3.63) is 35.4 Å². The monoisotopic (exact) mass is 303 g/mol. The molecule has 4 nitrogen and oxygen atoms in total. The van der Waals surface area contributed by atoms with Crippen LogP contribution in [0, 0.1) is 0 Å². The lowest BCUT2D eigenvalue weighted by molar-refractivity contribution is -0.145. The molecular formula is C18H25NO3. The normalized spacial score (nSPS) is 22.4. The molecule has 1 aliphatic heterocycles. The van der Waals surface area contributed by atoms with Crippen LogP contribution >= 0.6 is 0 Å². The Morgan fingerprint density at radius 3 is 2.50 bits per heavy atom. The van der Waals surface area contributed by atoms with E-state index in [4.69, 9.17) is 4.74 Å². The highest BCUT2D eigenvalue weighted by Gasteiger charge is 2.32. The summed E-state index contributed by atoms with van der Waals surface area (Å²) < 4.78 is 5.38. The number of nitrogens with zero attached hydrogens (tertiary/aromatic N) is 1. The third-order valence-corrected chi connectivity index (χ3v) is 4.98. The molecular weight excluding hydrogens is 278 g/mol. The molecule has 22 heavy (non-hydrogen) atoms. The Hall–Kier alpha value is -1.39. The number of benzene rings is 1. The zero-order valence-corrected chi connectivity index (χ0v) is 13.0. The van der Waals surface area contributed by atoms with Crippen LogP contribution in [-0.2, 0) is 9.53 Å². The predicted octanol–water partition coefficient (Wildman–Crippen LogP) is 3.19. The maximum atomic E-state index is 12.0. The van der Waals surface area contributed by atoms with Crippen molar-refractivity contribution in [1.82, 2.24) is 4.90 Å². The SMILES string of the molecule is O=C(O)C(c1ccccc1C1CCCCC1)N1CCOCC1. The van der Waals surface area contributed by atoms with Gasteiger partial charge in [0.2, 0.25) is 0 Å². The van der Waals surface area contributed by atoms with Gasteiger partial charge in [0.1, 0.15) is 6.04 Å². The highest BCUT2D eigenvalue weighted by Crippen LogP contribution is 2.37. The first-order chi connectivity index (χ1) is 10.8. The second-order valence-electron chi connectivity index (χ2n) is 6.35. The highest BCUT2D eigenvalue weighted by atomic mass is 16.5. The third-order valence-electron chi connectivity index (χ3n) is 4.98. The van der Waals surface area contributed by atoms with Crippen molar-refractivity contribution in [2.75, 3.05) is 26.3 Å². The Balaban J connectivity index is 1.91. The average Bonchev–Trinajstić information content (AvgIpc) is 2.57. The smallest absolute Gasteiger partial charge is 0.325 e. The third kappa shape index (κ3) is 3.33. The summed E-state index contributed by atoms with van der Waals surface area (Å²) in [5.41, 5.74) is 2.24. The van der Waals surface area contributed by atoms with E-state index in [1.54, 1.807) is 0 Å². The number of morpholine rings is 1. The van der Waals surface area contributed by atoms with Crippen molar-refractivity contribution in [2.45, 2.75) is 44.1 Å². The molecule has 0 amide bonds. The van der Waals surface area contributed by atoms with E-state index in [-0.39, 0.29) is 0 Å². The van der Waals surface area contributed by atoms with E-state index in [0.29, 0.717) is 32.2 Å². The topological polar surface area (TPSA) is 49.8 Å². The molecule has 4 heteroatoms. The van der Waals surface area contributed by atoms with Crippen molar-refractivity contribution < 1.29 is 14.6 Å². The molecule has 1 atom stereocenters. The van der Waals surface area contributed by atoms with Gasteiger partial charge in [-0.15, -0.1) is 0 Å². The number of carboxylic acid groups (broad SMARTS) is 1. The standard InChI is InChI=1S/C18H25NO3/c20-18(21)17(19-10-12-22-13-11-19)16-9-5-4-8-15(16)14-6-2-1-3-7-14/h4-5,8-9,14,17H,1-3,6-7,10-13H2,(H,20,21). The summed E-state index contributed by atoms with van der Waals surface area (Å²) in [5.74, 6) is -0.224. The van der Waals surface area contributed by atoms with Crippen LogP contribution in [0.4, 0.5) is 0 Å². The van der Waals surface area contributed by atoms with Crippen LogP contribution < -0.4 is 0 Å². The maximum absolute atomic E-state index is 12.0. The van der Waals surface area contributed by atoms with E-state index < -0.39 is 12.0 Å². The second kappa shape index (κ2) is 7.25. The van der Waals surface area contributed by atoms with Gasteiger partial charge in [0.25, 0.3) is 0 Å². The fraction of sp³-hybridized carbons (Fsp3) is 0.611. The first-order valence-electron chi connectivity index (χ1n) is 8.41. The van der Waals surface area contributed by atoms with Gasteiger partial charge in [-0.05, 0) is 29.9 Å². The van der Waals surface area contributed by atoms with E-state index >= 15 is 0 Å². The zero-order valence-electron chi connectivity index (χ0n) is 13.0. The summed E-state index contributed by atoms with van der Waals surface area (Å²) in [5, 5.41) is 9.82. The molecule has 1 saturated carbocycles. The minimum Gasteiger partial charge on any atom is -0.480 e. The molecule has 1 heterocycles. The molecule has 3 rings (SSSR count). The van der Waals surface area contributed by atoms with Gasteiger partial charge < -0.3 is 9.84 Å². The molecule has 1 aromatic rings. The summed E-state index contributed by atoms with van der Waals surface area (Å²) in [7, 11) is 0. The van der Waals surface area contributed by atoms with E-state index in [0.717, 1.165) is 5.56 Å². The lowest BCUT2D eigenvalue weighted by atomic mass is 9.80. The lowest BCUT2D eigenvalue weighted by Gasteiger charge is -2.34. The molecule has 1 aliphatic carbocycles. The van der Waals surface area contributed by atoms with E-state index in [9.17, 15) is 9.90 Å². The van der Waals surface area contributed by atoms with Gasteiger partial charge in [0.05, 0.1) is 13.2 Å². The lowest BCUT2D eigenvalue weighted by Crippen LogP contribution is -2.42. The Morgan fingerprint density at radius 1 is 1.14 bits per heavy atom. The molecule has 0 bridgehead atoms. The minimum absolute atomic E-state index is 0.521. The second-order valence-corrected chi connectivity index (χ2v) is 6.35. The molecule has 0 radical (unpaired) electrons. The molecule has 0 aromatic heterocycles. The van der Waals surface area contributed by atoms with E-state index in [2.05, 4.69) is 6.07 Å². The van der Waals surface area contributed by atoms with Crippen molar-refractivity contribution in [3.63, 3.8) is 0 Å². The van der Waals surface area contributed by atoms with Crippen molar-refractivity contribution >= 4 is 5.97 Å². The Kier molecular flexibility index (Phi) is 5.11. The predicted molar refractivity (Wildman–Crippen MR) is 85.0 cm³/mol. The van der Waals surface area contributed by atoms with E-state index in [1.807, 2.05) is 23.1 Å². The number of aliphatic carboxylic acids is 1. The minimum atomic E-state index is -0.745. The summed E-state index contributed by atoms with van der Waals surface area (Å²) in [6, 6.07) is 7.63. The molecule has 2 aliphatic rings. The fourth-order valence-electron chi connectivity index (χ4n) is 3.87. The fourth-order valence-corrected chi connectivity index (χ4v) is 3.87. The van der Waals surface area contributed by atoms with Crippen molar-refractivity contribution in [1.29, 1.82) is 0 Å². The largest absolute Gasteiger partial charge is 0.480 e. The molecule has 1 unspecified atom stereocenters. The van der Waals surface area contributed by atoms with Gasteiger partial charge in [-0.2, -0.15) is 0 Å². The molecule has 0 spiro atoms. The molecule has 1 saturated heterocycles. The first kappa shape index (κ1) is 15.5. The van der Waals surface area contributed by atoms with Gasteiger partial charge in [0, 0.05) is 13.1 Å². The number of hydrogen-bond acceptors (Lipinski definition) is 3. The molecule has 2 fully saturated rings. The number of carbonyl (C=O) groups is 1. The Morgan fingerprint density at radius 2 is 1.82 bits per heavy atom. The summed E-state index contributed by atoms with van der Waals surface area (Å²) >= 11 is 0. The Bertz CT molecular complexity index is 505. The van der Waals surface area contributed by atoms with Gasteiger partial charge in [-0.1, -0.05) is 43.5 Å². The van der Waals surface area contributed by atoms with Gasteiger partial charge in [-0.25, -0.2) is 0 Å². The van der Waals surface area contributed by atoms with Crippen molar-refractivity contribution in [3.8, 4) is 0 Å². The quantitative estimate of drug-likeness (QED) is 0.928. The van der Waals surface area contributed by atoms with Gasteiger partial charge in [-0.3, -0.25) is 9.69 Å². The van der Waals surface area contributed by atoms with Crippen LogP contribution in [0.25, 0.3) is 0 Å². The maximum Gasteiger partial charge on any atom is 0.325 e. The van der Waals surface area contributed by atoms with Crippen molar-refractivity contribution in [2.24, 2.45) is 0 Å². The number of hydrogen-bond donors (Lipinski definition) is 1. The molecule has 1 aromatic carbocycles. The molecule has 120 valence electrons. The van der Waals surface area contributed by atoms with Gasteiger partial charge in [0.15, 0.2) is 0 Å². The highest BCUT2D eigenvalue weighted by molar-refractivity contribution is 5.76. The summed E-state index contributed by atoms with van der Waals surface area (Å²) in [6.07, 6.45) is 6.20. The average molecular weight is 303 g/mol. The number of rotatable bonds is 4. The van der Waals surface area contributed by atoms with Crippen LogP contribution in [0.5, 0.6) is 0 Å². The van der Waals surface area contributed by atoms with E-state index in [1.165, 1.54) is 37.7 Å². The van der Waals surface area contributed by atoms with Crippen LogP contribution in [-0.4, -0.2) is 42.3 Å². The molecule has 1 N–H and O–H groups in total. The van der Waals surface area contributed by atoms with Crippen LogP contribution in [0.15, 0.2) is 24.3 Å². The van der Waals surface area contributed by atoms with Crippen LogP contribution in [0.1, 0.15) is 55.2 Å². The number of carboxylic acids is 1. The zero-order chi connectivity index (χ0) is 15.4. The van der Waals surface area contributed by atoms with Crippen LogP contribution in [0.2, 0.25) is 0 Å². The van der Waals surface area contributed by atoms with Crippen LogP contribution in [0.3, 0.4) is 0 Å². The first-order valence-corrected chi connectivity index (χ1v) is 8.41. The summed E-state index contributed by atoms with van der Waals surface area (Å²) in [6.45, 7) is 2.62. The number of ether oxygens (including phenoxy) is 1. The Labute approximate surface area is 132 Å².